The number of pyridine rings is 1. The Hall–Kier alpha value is -2.28. The Labute approximate surface area is 124 Å². The van der Waals surface area contributed by atoms with Crippen molar-refractivity contribution in [1.82, 2.24) is 4.98 Å². The number of aryl methyl sites for hydroxylation is 2. The summed E-state index contributed by atoms with van der Waals surface area (Å²) in [7, 11) is -2.31. The summed E-state index contributed by atoms with van der Waals surface area (Å²) in [4.78, 5) is 4.14. The Morgan fingerprint density at radius 3 is 2.48 bits per heavy atom. The standard InChI is InChI=1S/C14H17N3O3S/c1-9-6-10(2)16-14(7-9)17-21(18,19)13-5-4-11(20-3)8-12(13)15/h4-8H,15H2,1-3H3,(H,16,17). The van der Waals surface area contributed by atoms with E-state index in [2.05, 4.69) is 9.71 Å². The van der Waals surface area contributed by atoms with E-state index < -0.39 is 10.0 Å². The molecule has 1 heterocycles. The van der Waals surface area contributed by atoms with Gasteiger partial charge in [-0.15, -0.1) is 0 Å². The number of sulfonamides is 1. The third-order valence-electron chi connectivity index (χ3n) is 2.84. The van der Waals surface area contributed by atoms with Crippen LogP contribution in [-0.2, 0) is 10.0 Å². The topological polar surface area (TPSA) is 94.3 Å². The number of hydrogen-bond acceptors (Lipinski definition) is 5. The average molecular weight is 307 g/mol. The minimum atomic E-state index is -3.80. The number of rotatable bonds is 4. The molecule has 21 heavy (non-hydrogen) atoms. The van der Waals surface area contributed by atoms with Crippen molar-refractivity contribution >= 4 is 21.5 Å². The van der Waals surface area contributed by atoms with Crippen LogP contribution in [-0.4, -0.2) is 20.5 Å². The van der Waals surface area contributed by atoms with Crippen LogP contribution >= 0.6 is 0 Å². The van der Waals surface area contributed by atoms with Crippen molar-refractivity contribution in [2.75, 3.05) is 17.6 Å². The van der Waals surface area contributed by atoms with E-state index in [1.54, 1.807) is 19.1 Å². The van der Waals surface area contributed by atoms with Crippen LogP contribution in [0.2, 0.25) is 0 Å². The molecule has 7 heteroatoms. The second-order valence-electron chi connectivity index (χ2n) is 4.68. The minimum absolute atomic E-state index is 0.00995. The molecule has 0 radical (unpaired) electrons. The molecule has 0 aliphatic heterocycles. The summed E-state index contributed by atoms with van der Waals surface area (Å²) in [6, 6.07) is 7.92. The SMILES string of the molecule is COc1ccc(S(=O)(=O)Nc2cc(C)cc(C)n2)c(N)c1. The fourth-order valence-electron chi connectivity index (χ4n) is 1.98. The van der Waals surface area contributed by atoms with Gasteiger partial charge in [-0.05, 0) is 43.7 Å². The molecule has 0 saturated carbocycles. The number of ether oxygens (including phenoxy) is 1. The monoisotopic (exact) mass is 307 g/mol. The maximum atomic E-state index is 12.4. The molecular formula is C14H17N3O3S. The molecule has 0 aliphatic carbocycles. The number of anilines is 2. The highest BCUT2D eigenvalue weighted by atomic mass is 32.2. The van der Waals surface area contributed by atoms with Gasteiger partial charge in [0.05, 0.1) is 12.8 Å². The van der Waals surface area contributed by atoms with Crippen molar-refractivity contribution in [2.24, 2.45) is 0 Å². The summed E-state index contributed by atoms with van der Waals surface area (Å²) < 4.78 is 32.2. The van der Waals surface area contributed by atoms with Gasteiger partial charge < -0.3 is 10.5 Å². The molecule has 3 N–H and O–H groups in total. The van der Waals surface area contributed by atoms with Crippen LogP contribution in [0.3, 0.4) is 0 Å². The first-order valence-corrected chi connectivity index (χ1v) is 7.72. The second-order valence-corrected chi connectivity index (χ2v) is 6.33. The molecule has 1 aromatic heterocycles. The van der Waals surface area contributed by atoms with Gasteiger partial charge in [0.15, 0.2) is 0 Å². The molecule has 0 aliphatic rings. The highest BCUT2D eigenvalue weighted by Gasteiger charge is 2.18. The fraction of sp³-hybridized carbons (Fsp3) is 0.214. The molecule has 1 aromatic carbocycles. The molecular weight excluding hydrogens is 290 g/mol. The van der Waals surface area contributed by atoms with Crippen molar-refractivity contribution in [3.8, 4) is 5.75 Å². The van der Waals surface area contributed by atoms with Gasteiger partial charge in [-0.1, -0.05) is 0 Å². The Kier molecular flexibility index (Phi) is 4.04. The van der Waals surface area contributed by atoms with E-state index in [-0.39, 0.29) is 16.4 Å². The Bertz CT molecular complexity index is 753. The van der Waals surface area contributed by atoms with Crippen LogP contribution in [0.15, 0.2) is 35.2 Å². The normalized spacial score (nSPS) is 11.2. The van der Waals surface area contributed by atoms with Crippen LogP contribution in [0.1, 0.15) is 11.3 Å². The van der Waals surface area contributed by atoms with Gasteiger partial charge >= 0.3 is 0 Å². The lowest BCUT2D eigenvalue weighted by Gasteiger charge is -2.11. The number of methoxy groups -OCH3 is 1. The van der Waals surface area contributed by atoms with E-state index in [0.717, 1.165) is 11.3 Å². The summed E-state index contributed by atoms with van der Waals surface area (Å²) in [5.41, 5.74) is 7.55. The molecule has 6 nitrogen and oxygen atoms in total. The first kappa shape index (κ1) is 15.1. The zero-order chi connectivity index (χ0) is 15.6. The van der Waals surface area contributed by atoms with E-state index in [4.69, 9.17) is 10.5 Å². The van der Waals surface area contributed by atoms with Gasteiger partial charge in [0.1, 0.15) is 16.5 Å². The zero-order valence-electron chi connectivity index (χ0n) is 12.0. The second kappa shape index (κ2) is 5.61. The summed E-state index contributed by atoms with van der Waals surface area (Å²) in [6.45, 7) is 3.67. The quantitative estimate of drug-likeness (QED) is 0.843. The number of nitrogen functional groups attached to an aromatic ring is 1. The fourth-order valence-corrected chi connectivity index (χ4v) is 3.09. The third-order valence-corrected chi connectivity index (χ3v) is 4.27. The Balaban J connectivity index is 2.38. The highest BCUT2D eigenvalue weighted by Crippen LogP contribution is 2.25. The first-order chi connectivity index (χ1) is 9.81. The van der Waals surface area contributed by atoms with Crippen molar-refractivity contribution in [3.63, 3.8) is 0 Å². The molecule has 2 aromatic rings. The summed E-state index contributed by atoms with van der Waals surface area (Å²) >= 11 is 0. The van der Waals surface area contributed by atoms with E-state index in [1.807, 2.05) is 13.0 Å². The van der Waals surface area contributed by atoms with Gasteiger partial charge in [-0.25, -0.2) is 13.4 Å². The van der Waals surface area contributed by atoms with Crippen molar-refractivity contribution in [2.45, 2.75) is 18.7 Å². The number of nitrogens with zero attached hydrogens (tertiary/aromatic N) is 1. The predicted octanol–water partition coefficient (Wildman–Crippen LogP) is 2.09. The number of hydrogen-bond donors (Lipinski definition) is 2. The van der Waals surface area contributed by atoms with Gasteiger partial charge in [-0.3, -0.25) is 4.72 Å². The van der Waals surface area contributed by atoms with E-state index in [0.29, 0.717) is 5.75 Å². The molecule has 0 unspecified atom stereocenters. The summed E-state index contributed by atoms with van der Waals surface area (Å²) in [5, 5.41) is 0. The molecule has 0 saturated heterocycles. The van der Waals surface area contributed by atoms with Gasteiger partial charge in [0, 0.05) is 11.8 Å². The van der Waals surface area contributed by atoms with Crippen LogP contribution in [0.4, 0.5) is 11.5 Å². The largest absolute Gasteiger partial charge is 0.497 e. The predicted molar refractivity (Wildman–Crippen MR) is 81.9 cm³/mol. The van der Waals surface area contributed by atoms with Crippen molar-refractivity contribution in [1.29, 1.82) is 0 Å². The van der Waals surface area contributed by atoms with Crippen molar-refractivity contribution < 1.29 is 13.2 Å². The van der Waals surface area contributed by atoms with Gasteiger partial charge in [-0.2, -0.15) is 0 Å². The molecule has 0 fully saturated rings. The minimum Gasteiger partial charge on any atom is -0.497 e. The summed E-state index contributed by atoms with van der Waals surface area (Å²) in [5.74, 6) is 0.763. The van der Waals surface area contributed by atoms with Crippen LogP contribution in [0.25, 0.3) is 0 Å². The zero-order valence-corrected chi connectivity index (χ0v) is 12.9. The molecule has 0 bridgehead atoms. The average Bonchev–Trinajstić information content (AvgIpc) is 2.36. The van der Waals surface area contributed by atoms with Crippen LogP contribution in [0.5, 0.6) is 5.75 Å². The smallest absolute Gasteiger partial charge is 0.265 e. The van der Waals surface area contributed by atoms with Crippen molar-refractivity contribution in [3.05, 3.63) is 41.6 Å². The maximum absolute atomic E-state index is 12.4. The first-order valence-electron chi connectivity index (χ1n) is 6.23. The lowest BCUT2D eigenvalue weighted by atomic mass is 10.2. The van der Waals surface area contributed by atoms with Crippen LogP contribution < -0.4 is 15.2 Å². The molecule has 0 atom stereocenters. The lowest BCUT2D eigenvalue weighted by molar-refractivity contribution is 0.414. The van der Waals surface area contributed by atoms with Gasteiger partial charge in [0.2, 0.25) is 0 Å². The maximum Gasteiger partial charge on any atom is 0.265 e. The third kappa shape index (κ3) is 3.43. The Morgan fingerprint density at radius 2 is 1.90 bits per heavy atom. The number of nitrogens with one attached hydrogen (secondary N) is 1. The summed E-state index contributed by atoms with van der Waals surface area (Å²) in [6.07, 6.45) is 0. The molecule has 2 rings (SSSR count). The highest BCUT2D eigenvalue weighted by molar-refractivity contribution is 7.92. The van der Waals surface area contributed by atoms with Gasteiger partial charge in [0.25, 0.3) is 10.0 Å². The van der Waals surface area contributed by atoms with E-state index >= 15 is 0 Å². The Morgan fingerprint density at radius 1 is 1.19 bits per heavy atom. The number of benzene rings is 1. The van der Waals surface area contributed by atoms with E-state index in [9.17, 15) is 8.42 Å². The van der Waals surface area contributed by atoms with Crippen LogP contribution in [0, 0.1) is 13.8 Å². The molecule has 112 valence electrons. The number of nitrogens with two attached hydrogens (primary N) is 1. The molecule has 0 spiro atoms. The lowest BCUT2D eigenvalue weighted by Crippen LogP contribution is -2.16. The van der Waals surface area contributed by atoms with E-state index in [1.165, 1.54) is 19.2 Å². The molecule has 0 amide bonds. The number of aromatic nitrogens is 1.